The lowest BCUT2D eigenvalue weighted by atomic mass is 10.1. The van der Waals surface area contributed by atoms with Crippen LogP contribution in [0.2, 0.25) is 0 Å². The van der Waals surface area contributed by atoms with Gasteiger partial charge in [0.2, 0.25) is 0 Å². The second-order valence-electron chi connectivity index (χ2n) is 5.70. The van der Waals surface area contributed by atoms with Gasteiger partial charge in [-0.2, -0.15) is 5.26 Å². The standard InChI is InChI=1S/C20H15FIN3O3/c1-2-27-19(26)11-28-18-6-3-12(8-15(18)22)7-13(10-23)20-24-16-5-4-14(21)9-17(16)25-20/h3-9H,2,11H2,1H3,(H,24,25)/b13-7-. The Morgan fingerprint density at radius 1 is 1.36 bits per heavy atom. The molecular formula is C20H15FIN3O3. The van der Waals surface area contributed by atoms with Gasteiger partial charge in [0.05, 0.1) is 26.8 Å². The molecule has 0 spiro atoms. The molecule has 1 aromatic heterocycles. The first-order chi connectivity index (χ1) is 13.5. The number of esters is 1. The molecule has 0 aliphatic rings. The lowest BCUT2D eigenvalue weighted by molar-refractivity contribution is -0.145. The van der Waals surface area contributed by atoms with Crippen molar-refractivity contribution in [1.29, 1.82) is 5.26 Å². The summed E-state index contributed by atoms with van der Waals surface area (Å²) in [5.41, 5.74) is 2.17. The van der Waals surface area contributed by atoms with Crippen molar-refractivity contribution in [2.24, 2.45) is 0 Å². The summed E-state index contributed by atoms with van der Waals surface area (Å²) in [6, 6.07) is 11.6. The van der Waals surface area contributed by atoms with Crippen LogP contribution < -0.4 is 4.74 Å². The van der Waals surface area contributed by atoms with E-state index < -0.39 is 5.97 Å². The van der Waals surface area contributed by atoms with E-state index in [1.807, 2.05) is 6.07 Å². The summed E-state index contributed by atoms with van der Waals surface area (Å²) >= 11 is 2.09. The predicted octanol–water partition coefficient (Wildman–Crippen LogP) is 4.31. The number of rotatable bonds is 6. The van der Waals surface area contributed by atoms with Crippen LogP contribution in [-0.4, -0.2) is 29.2 Å². The van der Waals surface area contributed by atoms with Gasteiger partial charge in [-0.05, 0) is 71.5 Å². The summed E-state index contributed by atoms with van der Waals surface area (Å²) in [5, 5.41) is 9.51. The number of allylic oxidation sites excluding steroid dienone is 1. The van der Waals surface area contributed by atoms with Crippen LogP contribution in [0.25, 0.3) is 22.7 Å². The molecule has 0 fully saturated rings. The van der Waals surface area contributed by atoms with Crippen molar-refractivity contribution in [3.63, 3.8) is 0 Å². The number of benzene rings is 2. The van der Waals surface area contributed by atoms with E-state index >= 15 is 0 Å². The fourth-order valence-corrected chi connectivity index (χ4v) is 3.19. The number of ether oxygens (including phenoxy) is 2. The minimum atomic E-state index is -0.435. The first-order valence-corrected chi connectivity index (χ1v) is 9.43. The molecule has 1 N–H and O–H groups in total. The molecule has 0 radical (unpaired) electrons. The lowest BCUT2D eigenvalue weighted by Crippen LogP contribution is -2.14. The first kappa shape index (κ1) is 19.8. The Bertz CT molecular complexity index is 1100. The van der Waals surface area contributed by atoms with E-state index in [1.165, 1.54) is 12.1 Å². The summed E-state index contributed by atoms with van der Waals surface area (Å²) < 4.78 is 24.4. The third-order valence-corrected chi connectivity index (χ3v) is 4.58. The summed E-state index contributed by atoms with van der Waals surface area (Å²) in [6.45, 7) is 1.86. The minimum Gasteiger partial charge on any atom is -0.481 e. The van der Waals surface area contributed by atoms with Crippen molar-refractivity contribution in [1.82, 2.24) is 9.97 Å². The van der Waals surface area contributed by atoms with E-state index in [4.69, 9.17) is 9.47 Å². The number of nitrogens with one attached hydrogen (secondary N) is 1. The average Bonchev–Trinajstić information content (AvgIpc) is 3.08. The lowest BCUT2D eigenvalue weighted by Gasteiger charge is -2.08. The van der Waals surface area contributed by atoms with E-state index in [2.05, 4.69) is 38.6 Å². The van der Waals surface area contributed by atoms with Gasteiger partial charge in [-0.1, -0.05) is 6.07 Å². The van der Waals surface area contributed by atoms with E-state index in [0.717, 1.165) is 9.13 Å². The zero-order valence-electron chi connectivity index (χ0n) is 14.8. The SMILES string of the molecule is CCOC(=O)COc1ccc(/C=C(/C#N)c2nc3ccc(F)cc3[nH]2)cc1I. The largest absolute Gasteiger partial charge is 0.481 e. The third-order valence-electron chi connectivity index (χ3n) is 3.74. The highest BCUT2D eigenvalue weighted by Gasteiger charge is 2.10. The highest BCUT2D eigenvalue weighted by Crippen LogP contribution is 2.25. The van der Waals surface area contributed by atoms with Crippen molar-refractivity contribution in [3.05, 3.63) is 57.2 Å². The molecule has 6 nitrogen and oxygen atoms in total. The maximum Gasteiger partial charge on any atom is 0.344 e. The van der Waals surface area contributed by atoms with Crippen molar-refractivity contribution in [2.75, 3.05) is 13.2 Å². The summed E-state index contributed by atoms with van der Waals surface area (Å²) in [6.07, 6.45) is 1.67. The molecule has 0 unspecified atom stereocenters. The Morgan fingerprint density at radius 3 is 2.89 bits per heavy atom. The second-order valence-corrected chi connectivity index (χ2v) is 6.86. The summed E-state index contributed by atoms with van der Waals surface area (Å²) in [5.74, 6) is 0.0952. The van der Waals surface area contributed by atoms with E-state index in [-0.39, 0.29) is 12.4 Å². The minimum absolute atomic E-state index is 0.169. The van der Waals surface area contributed by atoms with Crippen LogP contribution in [0.5, 0.6) is 5.75 Å². The number of carbonyl (C=O) groups is 1. The van der Waals surface area contributed by atoms with Crippen LogP contribution in [0.1, 0.15) is 18.3 Å². The number of carbonyl (C=O) groups excluding carboxylic acids is 1. The molecule has 0 saturated heterocycles. The van der Waals surface area contributed by atoms with Gasteiger partial charge in [-0.25, -0.2) is 14.2 Å². The number of aromatic amines is 1. The molecule has 1 heterocycles. The van der Waals surface area contributed by atoms with E-state index in [9.17, 15) is 14.4 Å². The van der Waals surface area contributed by atoms with E-state index in [1.54, 1.807) is 31.2 Å². The van der Waals surface area contributed by atoms with Crippen LogP contribution in [0, 0.1) is 20.7 Å². The molecule has 142 valence electrons. The number of aromatic nitrogens is 2. The molecule has 3 rings (SSSR count). The fraction of sp³-hybridized carbons (Fsp3) is 0.150. The van der Waals surface area contributed by atoms with Gasteiger partial charge in [-0.3, -0.25) is 0 Å². The number of nitrogens with zero attached hydrogens (tertiary/aromatic N) is 2. The molecule has 28 heavy (non-hydrogen) atoms. The summed E-state index contributed by atoms with van der Waals surface area (Å²) in [7, 11) is 0. The smallest absolute Gasteiger partial charge is 0.344 e. The molecule has 0 aliphatic carbocycles. The molecule has 2 aromatic carbocycles. The Hall–Kier alpha value is -2.93. The predicted molar refractivity (Wildman–Crippen MR) is 111 cm³/mol. The number of nitriles is 1. The zero-order valence-corrected chi connectivity index (χ0v) is 17.0. The normalized spacial score (nSPS) is 11.3. The average molecular weight is 491 g/mol. The van der Waals surface area contributed by atoms with Crippen molar-refractivity contribution in [2.45, 2.75) is 6.92 Å². The number of hydrogen-bond acceptors (Lipinski definition) is 5. The topological polar surface area (TPSA) is 88.0 Å². The monoisotopic (exact) mass is 491 g/mol. The second kappa shape index (κ2) is 8.84. The number of fused-ring (bicyclic) bond motifs is 1. The van der Waals surface area contributed by atoms with Gasteiger partial charge in [0, 0.05) is 0 Å². The van der Waals surface area contributed by atoms with Crippen LogP contribution in [-0.2, 0) is 9.53 Å². The quantitative estimate of drug-likeness (QED) is 0.316. The zero-order chi connectivity index (χ0) is 20.1. The molecular weight excluding hydrogens is 476 g/mol. The van der Waals surface area contributed by atoms with Gasteiger partial charge < -0.3 is 14.5 Å². The van der Waals surface area contributed by atoms with Crippen LogP contribution in [0.15, 0.2) is 36.4 Å². The van der Waals surface area contributed by atoms with Crippen LogP contribution in [0.3, 0.4) is 0 Å². The fourth-order valence-electron chi connectivity index (χ4n) is 2.49. The molecule has 8 heteroatoms. The Labute approximate surface area is 174 Å². The third kappa shape index (κ3) is 4.67. The van der Waals surface area contributed by atoms with Crippen molar-refractivity contribution >= 4 is 51.2 Å². The van der Waals surface area contributed by atoms with Gasteiger partial charge in [-0.15, -0.1) is 0 Å². The maximum absolute atomic E-state index is 13.3. The molecule has 0 saturated carbocycles. The van der Waals surface area contributed by atoms with Crippen LogP contribution >= 0.6 is 22.6 Å². The number of halogens is 2. The summed E-state index contributed by atoms with van der Waals surface area (Å²) in [4.78, 5) is 18.7. The number of imidazole rings is 1. The first-order valence-electron chi connectivity index (χ1n) is 8.35. The van der Waals surface area contributed by atoms with Gasteiger partial charge in [0.1, 0.15) is 23.5 Å². The molecule has 0 amide bonds. The Balaban J connectivity index is 1.83. The Kier molecular flexibility index (Phi) is 6.26. The highest BCUT2D eigenvalue weighted by molar-refractivity contribution is 14.1. The van der Waals surface area contributed by atoms with Gasteiger partial charge in [0.25, 0.3) is 0 Å². The molecule has 3 aromatic rings. The molecule has 0 aliphatic heterocycles. The maximum atomic E-state index is 13.3. The van der Waals surface area contributed by atoms with Crippen molar-refractivity contribution in [3.8, 4) is 11.8 Å². The number of H-pyrrole nitrogens is 1. The molecule has 0 bridgehead atoms. The molecule has 0 atom stereocenters. The van der Waals surface area contributed by atoms with Gasteiger partial charge in [0.15, 0.2) is 6.61 Å². The Morgan fingerprint density at radius 2 is 2.18 bits per heavy atom. The number of hydrogen-bond donors (Lipinski definition) is 1. The van der Waals surface area contributed by atoms with E-state index in [0.29, 0.717) is 34.8 Å². The van der Waals surface area contributed by atoms with Gasteiger partial charge >= 0.3 is 5.97 Å². The van der Waals surface area contributed by atoms with Crippen LogP contribution in [0.4, 0.5) is 4.39 Å². The van der Waals surface area contributed by atoms with Crippen molar-refractivity contribution < 1.29 is 18.7 Å². The highest BCUT2D eigenvalue weighted by atomic mass is 127.